The van der Waals surface area contributed by atoms with Crippen molar-refractivity contribution in [2.45, 2.75) is 46.0 Å². The second-order valence-corrected chi connectivity index (χ2v) is 7.23. The maximum absolute atomic E-state index is 13.1. The van der Waals surface area contributed by atoms with E-state index >= 15 is 0 Å². The second-order valence-electron chi connectivity index (χ2n) is 7.23. The zero-order valence-corrected chi connectivity index (χ0v) is 15.3. The number of unbranched alkanes of at least 4 members (excludes halogenated alkanes) is 2. The van der Waals surface area contributed by atoms with E-state index in [0.717, 1.165) is 50.8 Å². The number of hydrogen-bond acceptors (Lipinski definition) is 3. The van der Waals surface area contributed by atoms with Gasteiger partial charge in [-0.3, -0.25) is 14.5 Å². The SMILES string of the molecule is CCCCCN1C(=O)C(c2ccccc2)=C(N2CCC(C)CC2)C1=O. The molecule has 4 nitrogen and oxygen atoms in total. The van der Waals surface area contributed by atoms with Crippen LogP contribution in [0, 0.1) is 5.92 Å². The van der Waals surface area contributed by atoms with Crippen molar-refractivity contribution in [2.24, 2.45) is 5.92 Å². The Morgan fingerprint density at radius 2 is 1.68 bits per heavy atom. The van der Waals surface area contributed by atoms with E-state index in [-0.39, 0.29) is 11.8 Å². The fourth-order valence-corrected chi connectivity index (χ4v) is 3.68. The maximum Gasteiger partial charge on any atom is 0.277 e. The van der Waals surface area contributed by atoms with Gasteiger partial charge in [0.2, 0.25) is 0 Å². The molecule has 0 unspecified atom stereocenters. The molecule has 4 heteroatoms. The zero-order chi connectivity index (χ0) is 17.8. The monoisotopic (exact) mass is 340 g/mol. The number of rotatable bonds is 6. The molecule has 2 amide bonds. The summed E-state index contributed by atoms with van der Waals surface area (Å²) in [4.78, 5) is 29.7. The van der Waals surface area contributed by atoms with E-state index in [2.05, 4.69) is 18.7 Å². The van der Waals surface area contributed by atoms with Crippen molar-refractivity contribution in [1.82, 2.24) is 9.80 Å². The summed E-state index contributed by atoms with van der Waals surface area (Å²) in [7, 11) is 0. The number of amides is 2. The molecule has 2 heterocycles. The molecule has 1 aromatic carbocycles. The molecule has 2 aliphatic heterocycles. The minimum Gasteiger partial charge on any atom is -0.366 e. The van der Waals surface area contributed by atoms with Gasteiger partial charge in [0.25, 0.3) is 11.8 Å². The summed E-state index contributed by atoms with van der Waals surface area (Å²) in [6, 6.07) is 9.66. The molecule has 0 atom stereocenters. The van der Waals surface area contributed by atoms with Crippen molar-refractivity contribution in [2.75, 3.05) is 19.6 Å². The molecule has 0 radical (unpaired) electrons. The third kappa shape index (κ3) is 3.63. The first-order chi connectivity index (χ1) is 12.1. The minimum atomic E-state index is -0.124. The highest BCUT2D eigenvalue weighted by atomic mass is 16.2. The number of nitrogens with zero attached hydrogens (tertiary/aromatic N) is 2. The molecule has 0 bridgehead atoms. The van der Waals surface area contributed by atoms with Gasteiger partial charge in [0.05, 0.1) is 5.57 Å². The van der Waals surface area contributed by atoms with E-state index in [1.54, 1.807) is 0 Å². The Hall–Kier alpha value is -2.10. The van der Waals surface area contributed by atoms with Gasteiger partial charge in [-0.25, -0.2) is 0 Å². The Balaban J connectivity index is 1.93. The van der Waals surface area contributed by atoms with Crippen molar-refractivity contribution in [3.05, 3.63) is 41.6 Å². The number of carbonyl (C=O) groups is 2. The second kappa shape index (κ2) is 7.85. The van der Waals surface area contributed by atoms with E-state index in [1.165, 1.54) is 4.90 Å². The maximum atomic E-state index is 13.1. The minimum absolute atomic E-state index is 0.102. The van der Waals surface area contributed by atoms with Gasteiger partial charge in [0.1, 0.15) is 5.70 Å². The van der Waals surface area contributed by atoms with Crippen LogP contribution in [0.25, 0.3) is 5.57 Å². The van der Waals surface area contributed by atoms with Gasteiger partial charge in [-0.2, -0.15) is 0 Å². The van der Waals surface area contributed by atoms with E-state index in [9.17, 15) is 9.59 Å². The average molecular weight is 340 g/mol. The van der Waals surface area contributed by atoms with Crippen LogP contribution >= 0.6 is 0 Å². The highest BCUT2D eigenvalue weighted by molar-refractivity contribution is 6.35. The van der Waals surface area contributed by atoms with Crippen LogP contribution in [-0.2, 0) is 9.59 Å². The molecule has 3 rings (SSSR count). The lowest BCUT2D eigenvalue weighted by Crippen LogP contribution is -2.38. The van der Waals surface area contributed by atoms with Gasteiger partial charge in [0, 0.05) is 19.6 Å². The van der Waals surface area contributed by atoms with E-state index in [4.69, 9.17) is 0 Å². The third-order valence-corrected chi connectivity index (χ3v) is 5.29. The van der Waals surface area contributed by atoms with Crippen molar-refractivity contribution in [3.8, 4) is 0 Å². The van der Waals surface area contributed by atoms with E-state index in [0.29, 0.717) is 23.7 Å². The average Bonchev–Trinajstić information content (AvgIpc) is 2.88. The standard InChI is InChI=1S/C21H28N2O2/c1-3-4-8-13-23-20(24)18(17-9-6-5-7-10-17)19(21(23)25)22-14-11-16(2)12-15-22/h5-7,9-10,16H,3-4,8,11-15H2,1-2H3. The fourth-order valence-electron chi connectivity index (χ4n) is 3.68. The molecular weight excluding hydrogens is 312 g/mol. The molecule has 1 aromatic rings. The van der Waals surface area contributed by atoms with Crippen molar-refractivity contribution >= 4 is 17.4 Å². The van der Waals surface area contributed by atoms with Gasteiger partial charge in [-0.1, -0.05) is 57.0 Å². The molecule has 2 aliphatic rings. The summed E-state index contributed by atoms with van der Waals surface area (Å²) >= 11 is 0. The van der Waals surface area contributed by atoms with Crippen LogP contribution in [0.1, 0.15) is 51.5 Å². The normalized spacial score (nSPS) is 19.3. The third-order valence-electron chi connectivity index (χ3n) is 5.29. The van der Waals surface area contributed by atoms with Gasteiger partial charge in [0.15, 0.2) is 0 Å². The summed E-state index contributed by atoms with van der Waals surface area (Å²) in [5.74, 6) is 0.459. The van der Waals surface area contributed by atoms with Crippen LogP contribution in [0.15, 0.2) is 36.0 Å². The summed E-state index contributed by atoms with van der Waals surface area (Å²) < 4.78 is 0. The molecule has 1 saturated heterocycles. The van der Waals surface area contributed by atoms with Crippen LogP contribution < -0.4 is 0 Å². The van der Waals surface area contributed by atoms with Crippen LogP contribution in [0.3, 0.4) is 0 Å². The van der Waals surface area contributed by atoms with Crippen molar-refractivity contribution in [1.29, 1.82) is 0 Å². The Labute approximate surface area is 150 Å². The molecular formula is C21H28N2O2. The first-order valence-corrected chi connectivity index (χ1v) is 9.54. The smallest absolute Gasteiger partial charge is 0.277 e. The number of imide groups is 1. The summed E-state index contributed by atoms with van der Waals surface area (Å²) in [6.07, 6.45) is 5.13. The first kappa shape index (κ1) is 17.7. The molecule has 0 aliphatic carbocycles. The molecule has 25 heavy (non-hydrogen) atoms. The number of likely N-dealkylation sites (tertiary alicyclic amines) is 1. The van der Waals surface area contributed by atoms with Crippen molar-refractivity contribution < 1.29 is 9.59 Å². The van der Waals surface area contributed by atoms with Gasteiger partial charge >= 0.3 is 0 Å². The lowest BCUT2D eigenvalue weighted by Gasteiger charge is -2.32. The Kier molecular flexibility index (Phi) is 5.57. The van der Waals surface area contributed by atoms with Gasteiger partial charge in [-0.15, -0.1) is 0 Å². The highest BCUT2D eigenvalue weighted by Crippen LogP contribution is 2.33. The van der Waals surface area contributed by atoms with E-state index < -0.39 is 0 Å². The molecule has 1 fully saturated rings. The zero-order valence-electron chi connectivity index (χ0n) is 15.3. The lowest BCUT2D eigenvalue weighted by atomic mass is 9.97. The molecule has 0 saturated carbocycles. The van der Waals surface area contributed by atoms with Crippen LogP contribution in [-0.4, -0.2) is 41.2 Å². The van der Waals surface area contributed by atoms with Gasteiger partial charge < -0.3 is 4.90 Å². The Bertz CT molecular complexity index is 658. The summed E-state index contributed by atoms with van der Waals surface area (Å²) in [5.41, 5.74) is 2.07. The number of benzene rings is 1. The first-order valence-electron chi connectivity index (χ1n) is 9.54. The quantitative estimate of drug-likeness (QED) is 0.586. The molecule has 134 valence electrons. The number of carbonyl (C=O) groups excluding carboxylic acids is 2. The predicted octanol–water partition coefficient (Wildman–Crippen LogP) is 3.69. The fraction of sp³-hybridized carbons (Fsp3) is 0.524. The summed E-state index contributed by atoms with van der Waals surface area (Å²) in [6.45, 7) is 6.61. The largest absolute Gasteiger partial charge is 0.366 e. The number of piperidine rings is 1. The van der Waals surface area contributed by atoms with Gasteiger partial charge in [-0.05, 0) is 30.7 Å². The highest BCUT2D eigenvalue weighted by Gasteiger charge is 2.41. The van der Waals surface area contributed by atoms with Crippen molar-refractivity contribution in [3.63, 3.8) is 0 Å². The lowest BCUT2D eigenvalue weighted by molar-refractivity contribution is -0.137. The van der Waals surface area contributed by atoms with Crippen LogP contribution in [0.5, 0.6) is 0 Å². The van der Waals surface area contributed by atoms with E-state index in [1.807, 2.05) is 30.3 Å². The Morgan fingerprint density at radius 1 is 1.00 bits per heavy atom. The predicted molar refractivity (Wildman–Crippen MR) is 99.6 cm³/mol. The summed E-state index contributed by atoms with van der Waals surface area (Å²) in [5, 5.41) is 0. The molecule has 0 aromatic heterocycles. The Morgan fingerprint density at radius 3 is 2.32 bits per heavy atom. The van der Waals surface area contributed by atoms with Crippen LogP contribution in [0.4, 0.5) is 0 Å². The topological polar surface area (TPSA) is 40.6 Å². The van der Waals surface area contributed by atoms with Crippen LogP contribution in [0.2, 0.25) is 0 Å². The molecule has 0 spiro atoms. The molecule has 0 N–H and O–H groups in total. The number of hydrogen-bond donors (Lipinski definition) is 0.